The van der Waals surface area contributed by atoms with E-state index >= 15 is 0 Å². The van der Waals surface area contributed by atoms with Crippen LogP contribution in [0, 0.1) is 0 Å². The minimum Gasteiger partial charge on any atom is -0.325 e. The van der Waals surface area contributed by atoms with Crippen LogP contribution in [0.4, 0.5) is 5.69 Å². The molecule has 0 atom stereocenters. The standard InChI is InChI=1S/C25H22N4O2S/c1-18(30)21-14-8-9-15-22(21)26-24(31)17-32-25-28-27-23(16-19-10-4-2-5-11-19)29(25)20-12-6-3-7-13-20/h2-15H,16-17H2,1H3,(H,26,31). The SMILES string of the molecule is CC(=O)c1ccccc1NC(=O)CSc1nnc(Cc2ccccc2)n1-c1ccccc1. The first-order valence-corrected chi connectivity index (χ1v) is 11.2. The molecular weight excluding hydrogens is 420 g/mol. The number of benzene rings is 3. The van der Waals surface area contributed by atoms with Crippen LogP contribution in [0.5, 0.6) is 0 Å². The lowest BCUT2D eigenvalue weighted by Crippen LogP contribution is -2.16. The quantitative estimate of drug-likeness (QED) is 0.314. The van der Waals surface area contributed by atoms with Gasteiger partial charge in [0.1, 0.15) is 5.82 Å². The van der Waals surface area contributed by atoms with E-state index in [4.69, 9.17) is 0 Å². The number of hydrogen-bond acceptors (Lipinski definition) is 5. The normalized spacial score (nSPS) is 10.7. The topological polar surface area (TPSA) is 76.9 Å². The maximum absolute atomic E-state index is 12.6. The summed E-state index contributed by atoms with van der Waals surface area (Å²) in [5, 5.41) is 12.2. The van der Waals surface area contributed by atoms with Crippen LogP contribution in [0.3, 0.4) is 0 Å². The first-order valence-electron chi connectivity index (χ1n) is 10.2. The maximum Gasteiger partial charge on any atom is 0.234 e. The zero-order chi connectivity index (χ0) is 22.3. The van der Waals surface area contributed by atoms with Crippen molar-refractivity contribution in [2.45, 2.75) is 18.5 Å². The molecule has 0 aliphatic rings. The van der Waals surface area contributed by atoms with E-state index in [1.807, 2.05) is 53.1 Å². The molecule has 0 aliphatic heterocycles. The Morgan fingerprint density at radius 2 is 1.53 bits per heavy atom. The number of thioether (sulfide) groups is 1. The summed E-state index contributed by atoms with van der Waals surface area (Å²) in [6.45, 7) is 1.48. The van der Waals surface area contributed by atoms with Gasteiger partial charge in [-0.25, -0.2) is 0 Å². The highest BCUT2D eigenvalue weighted by Crippen LogP contribution is 2.24. The molecule has 160 valence electrons. The first kappa shape index (κ1) is 21.5. The average molecular weight is 443 g/mol. The van der Waals surface area contributed by atoms with Gasteiger partial charge in [0.2, 0.25) is 5.91 Å². The number of aromatic nitrogens is 3. The molecule has 0 aliphatic carbocycles. The third kappa shape index (κ3) is 5.12. The Kier molecular flexibility index (Phi) is 6.77. The van der Waals surface area contributed by atoms with Gasteiger partial charge in [0, 0.05) is 17.7 Å². The van der Waals surface area contributed by atoms with E-state index in [9.17, 15) is 9.59 Å². The third-order valence-corrected chi connectivity index (χ3v) is 5.76. The van der Waals surface area contributed by atoms with Crippen LogP contribution in [0.25, 0.3) is 5.69 Å². The van der Waals surface area contributed by atoms with Crippen LogP contribution in [-0.2, 0) is 11.2 Å². The molecule has 1 aromatic heterocycles. The van der Waals surface area contributed by atoms with Gasteiger partial charge in [-0.2, -0.15) is 0 Å². The molecule has 7 heteroatoms. The Labute approximate surface area is 190 Å². The lowest BCUT2D eigenvalue weighted by atomic mass is 10.1. The molecule has 0 saturated carbocycles. The Hall–Kier alpha value is -3.71. The Morgan fingerprint density at radius 1 is 0.875 bits per heavy atom. The van der Waals surface area contributed by atoms with Crippen LogP contribution < -0.4 is 5.32 Å². The summed E-state index contributed by atoms with van der Waals surface area (Å²) in [5.74, 6) is 0.633. The minimum absolute atomic E-state index is 0.0945. The van der Waals surface area contributed by atoms with Crippen molar-refractivity contribution in [3.63, 3.8) is 0 Å². The average Bonchev–Trinajstić information content (AvgIpc) is 3.21. The zero-order valence-corrected chi connectivity index (χ0v) is 18.4. The summed E-state index contributed by atoms with van der Waals surface area (Å²) >= 11 is 1.31. The number of carbonyl (C=O) groups excluding carboxylic acids is 2. The Morgan fingerprint density at radius 3 is 2.25 bits per heavy atom. The fraction of sp³-hybridized carbons (Fsp3) is 0.120. The van der Waals surface area contributed by atoms with Gasteiger partial charge in [0.25, 0.3) is 0 Å². The van der Waals surface area contributed by atoms with Crippen LogP contribution in [-0.4, -0.2) is 32.2 Å². The number of amides is 1. The minimum atomic E-state index is -0.212. The fourth-order valence-corrected chi connectivity index (χ4v) is 4.11. The molecule has 4 aromatic rings. The molecule has 0 spiro atoms. The van der Waals surface area contributed by atoms with Gasteiger partial charge < -0.3 is 5.32 Å². The second kappa shape index (κ2) is 10.1. The summed E-state index contributed by atoms with van der Waals surface area (Å²) in [4.78, 5) is 24.4. The number of para-hydroxylation sites is 2. The van der Waals surface area contributed by atoms with Gasteiger partial charge >= 0.3 is 0 Å². The summed E-state index contributed by atoms with van der Waals surface area (Å²) in [6.07, 6.45) is 0.626. The number of anilines is 1. The molecule has 0 saturated heterocycles. The van der Waals surface area contributed by atoms with E-state index in [0.717, 1.165) is 17.1 Å². The van der Waals surface area contributed by atoms with Crippen molar-refractivity contribution in [2.75, 3.05) is 11.1 Å². The molecule has 0 radical (unpaired) electrons. The van der Waals surface area contributed by atoms with E-state index < -0.39 is 0 Å². The number of Topliss-reactive ketones (excluding diaryl/α,β-unsaturated/α-hetero) is 1. The predicted octanol–water partition coefficient (Wildman–Crippen LogP) is 4.79. The second-order valence-corrected chi connectivity index (χ2v) is 8.11. The lowest BCUT2D eigenvalue weighted by Gasteiger charge is -2.11. The van der Waals surface area contributed by atoms with E-state index in [1.165, 1.54) is 18.7 Å². The van der Waals surface area contributed by atoms with Crippen LogP contribution in [0.2, 0.25) is 0 Å². The summed E-state index contributed by atoms with van der Waals surface area (Å²) in [7, 11) is 0. The van der Waals surface area contributed by atoms with Gasteiger partial charge in [-0.15, -0.1) is 10.2 Å². The van der Waals surface area contributed by atoms with Crippen molar-refractivity contribution in [3.8, 4) is 5.69 Å². The summed E-state index contributed by atoms with van der Waals surface area (Å²) in [6, 6.07) is 26.9. The molecule has 0 unspecified atom stereocenters. The van der Waals surface area contributed by atoms with E-state index in [0.29, 0.717) is 22.8 Å². The predicted molar refractivity (Wildman–Crippen MR) is 126 cm³/mol. The number of nitrogens with zero attached hydrogens (tertiary/aromatic N) is 3. The summed E-state index contributed by atoms with van der Waals surface area (Å²) < 4.78 is 1.98. The van der Waals surface area contributed by atoms with E-state index in [1.54, 1.807) is 24.3 Å². The largest absolute Gasteiger partial charge is 0.325 e. The maximum atomic E-state index is 12.6. The van der Waals surface area contributed by atoms with Gasteiger partial charge in [0.05, 0.1) is 11.4 Å². The zero-order valence-electron chi connectivity index (χ0n) is 17.6. The van der Waals surface area contributed by atoms with Crippen LogP contribution in [0.1, 0.15) is 28.7 Å². The van der Waals surface area contributed by atoms with Gasteiger partial charge in [-0.05, 0) is 36.8 Å². The molecule has 1 heterocycles. The second-order valence-electron chi connectivity index (χ2n) is 7.17. The van der Waals surface area contributed by atoms with Crippen molar-refractivity contribution in [1.29, 1.82) is 0 Å². The van der Waals surface area contributed by atoms with E-state index in [2.05, 4.69) is 27.6 Å². The molecule has 3 aromatic carbocycles. The third-order valence-electron chi connectivity index (χ3n) is 4.83. The van der Waals surface area contributed by atoms with Crippen LogP contribution in [0.15, 0.2) is 90.1 Å². The number of rotatable bonds is 8. The molecule has 4 rings (SSSR count). The van der Waals surface area contributed by atoms with Gasteiger partial charge in [0.15, 0.2) is 10.9 Å². The molecule has 1 N–H and O–H groups in total. The Bertz CT molecular complexity index is 1220. The first-order chi connectivity index (χ1) is 15.6. The van der Waals surface area contributed by atoms with Gasteiger partial charge in [-0.3, -0.25) is 14.2 Å². The number of ketones is 1. The highest BCUT2D eigenvalue weighted by molar-refractivity contribution is 7.99. The molecule has 1 amide bonds. The molecule has 0 bridgehead atoms. The highest BCUT2D eigenvalue weighted by Gasteiger charge is 2.17. The van der Waals surface area contributed by atoms with Gasteiger partial charge in [-0.1, -0.05) is 72.4 Å². The Balaban J connectivity index is 1.54. The molecular formula is C25H22N4O2S. The summed E-state index contributed by atoms with van der Waals surface area (Å²) in [5.41, 5.74) is 3.07. The smallest absolute Gasteiger partial charge is 0.234 e. The van der Waals surface area contributed by atoms with Crippen molar-refractivity contribution in [2.24, 2.45) is 0 Å². The molecule has 0 fully saturated rings. The fourth-order valence-electron chi connectivity index (χ4n) is 3.34. The monoisotopic (exact) mass is 442 g/mol. The van der Waals surface area contributed by atoms with Crippen LogP contribution >= 0.6 is 11.8 Å². The van der Waals surface area contributed by atoms with Crippen molar-refractivity contribution < 1.29 is 9.59 Å². The number of nitrogens with one attached hydrogen (secondary N) is 1. The number of hydrogen-bond donors (Lipinski definition) is 1. The highest BCUT2D eigenvalue weighted by atomic mass is 32.2. The van der Waals surface area contributed by atoms with Crippen molar-refractivity contribution in [1.82, 2.24) is 14.8 Å². The van der Waals surface area contributed by atoms with Crippen molar-refractivity contribution >= 4 is 29.1 Å². The van der Waals surface area contributed by atoms with Crippen molar-refractivity contribution in [3.05, 3.63) is 102 Å². The van der Waals surface area contributed by atoms with E-state index in [-0.39, 0.29) is 17.4 Å². The molecule has 32 heavy (non-hydrogen) atoms. The molecule has 6 nitrogen and oxygen atoms in total. The lowest BCUT2D eigenvalue weighted by molar-refractivity contribution is -0.113. The number of carbonyl (C=O) groups is 2.